The molecule has 0 amide bonds. The van der Waals surface area contributed by atoms with Crippen LogP contribution in [0.3, 0.4) is 0 Å². The number of anilines is 1. The number of oxazole rings is 1. The van der Waals surface area contributed by atoms with Crippen LogP contribution in [-0.2, 0) is 13.1 Å². The van der Waals surface area contributed by atoms with Crippen molar-refractivity contribution < 1.29 is 4.42 Å². The first kappa shape index (κ1) is 14.3. The van der Waals surface area contributed by atoms with Crippen LogP contribution in [0.1, 0.15) is 24.0 Å². The van der Waals surface area contributed by atoms with Gasteiger partial charge in [-0.2, -0.15) is 4.98 Å². The molecule has 0 radical (unpaired) electrons. The molecule has 3 aromatic rings. The first-order chi connectivity index (χ1) is 11.4. The maximum absolute atomic E-state index is 5.73. The van der Waals surface area contributed by atoms with Crippen molar-refractivity contribution in [2.45, 2.75) is 25.9 Å². The fourth-order valence-electron chi connectivity index (χ4n) is 3.18. The highest BCUT2D eigenvalue weighted by Gasteiger charge is 2.13. The molecule has 1 N–H and O–H groups in total. The number of nitrogens with zero attached hydrogens (tertiary/aromatic N) is 2. The van der Waals surface area contributed by atoms with Crippen LogP contribution in [0.2, 0.25) is 0 Å². The fraction of sp³-hybridized carbons (Fsp3) is 0.316. The molecule has 118 valence electrons. The van der Waals surface area contributed by atoms with Gasteiger partial charge < -0.3 is 9.73 Å². The molecule has 0 aliphatic carbocycles. The second-order valence-electron chi connectivity index (χ2n) is 6.09. The summed E-state index contributed by atoms with van der Waals surface area (Å²) in [4.78, 5) is 7.00. The van der Waals surface area contributed by atoms with Gasteiger partial charge in [0.15, 0.2) is 5.58 Å². The molecule has 2 aromatic carbocycles. The highest BCUT2D eigenvalue weighted by atomic mass is 16.4. The second kappa shape index (κ2) is 6.42. The summed E-state index contributed by atoms with van der Waals surface area (Å²) in [6.45, 7) is 4.20. The Labute approximate surface area is 136 Å². The lowest BCUT2D eigenvalue weighted by molar-refractivity contribution is 0.330. The van der Waals surface area contributed by atoms with Gasteiger partial charge in [-0.3, -0.25) is 4.90 Å². The van der Waals surface area contributed by atoms with Crippen molar-refractivity contribution >= 4 is 17.1 Å². The molecule has 4 rings (SSSR count). The van der Waals surface area contributed by atoms with Gasteiger partial charge in [0.05, 0.1) is 0 Å². The van der Waals surface area contributed by atoms with Gasteiger partial charge in [-0.1, -0.05) is 36.4 Å². The quantitative estimate of drug-likeness (QED) is 0.772. The molecule has 0 atom stereocenters. The molecule has 4 heteroatoms. The Morgan fingerprint density at radius 1 is 0.957 bits per heavy atom. The van der Waals surface area contributed by atoms with Crippen LogP contribution in [0.15, 0.2) is 52.9 Å². The topological polar surface area (TPSA) is 41.3 Å². The minimum atomic E-state index is 0.585. The Bertz CT molecular complexity index is 757. The number of aromatic nitrogens is 1. The number of hydrogen-bond acceptors (Lipinski definition) is 4. The van der Waals surface area contributed by atoms with Crippen LogP contribution in [0.5, 0.6) is 0 Å². The van der Waals surface area contributed by atoms with Gasteiger partial charge in [0.1, 0.15) is 5.52 Å². The fourth-order valence-corrected chi connectivity index (χ4v) is 3.18. The molecule has 1 saturated heterocycles. The predicted molar refractivity (Wildman–Crippen MR) is 92.3 cm³/mol. The number of fused-ring (bicyclic) bond motifs is 1. The molecule has 4 nitrogen and oxygen atoms in total. The number of rotatable bonds is 5. The van der Waals surface area contributed by atoms with Crippen molar-refractivity contribution in [3.8, 4) is 0 Å². The third-order valence-electron chi connectivity index (χ3n) is 4.43. The van der Waals surface area contributed by atoms with E-state index in [0.717, 1.165) is 24.2 Å². The normalized spacial score (nSPS) is 15.3. The summed E-state index contributed by atoms with van der Waals surface area (Å²) < 4.78 is 5.73. The van der Waals surface area contributed by atoms with Crippen molar-refractivity contribution in [1.29, 1.82) is 0 Å². The van der Waals surface area contributed by atoms with E-state index in [1.54, 1.807) is 0 Å². The van der Waals surface area contributed by atoms with Crippen LogP contribution >= 0.6 is 0 Å². The van der Waals surface area contributed by atoms with Crippen LogP contribution in [0.25, 0.3) is 11.1 Å². The van der Waals surface area contributed by atoms with Gasteiger partial charge in [-0.05, 0) is 49.2 Å². The van der Waals surface area contributed by atoms with Crippen molar-refractivity contribution in [3.05, 3.63) is 59.7 Å². The molecule has 1 aliphatic heterocycles. The molecule has 1 aliphatic rings. The molecule has 0 saturated carbocycles. The summed E-state index contributed by atoms with van der Waals surface area (Å²) in [6, 6.07) is 17.0. The van der Waals surface area contributed by atoms with E-state index < -0.39 is 0 Å². The molecular formula is C19H21N3O. The maximum atomic E-state index is 5.73. The van der Waals surface area contributed by atoms with Crippen LogP contribution in [-0.4, -0.2) is 23.0 Å². The molecule has 23 heavy (non-hydrogen) atoms. The van der Waals surface area contributed by atoms with Gasteiger partial charge in [0.25, 0.3) is 6.01 Å². The minimum Gasteiger partial charge on any atom is -0.424 e. The standard InChI is InChI=1S/C19H21N3O/c1-2-8-16(14-22-11-5-6-12-22)15(7-1)13-20-19-21-17-9-3-4-10-18(17)23-19/h1-4,7-10H,5-6,11-14H2,(H,20,21). The van der Waals surface area contributed by atoms with Crippen molar-refractivity contribution in [1.82, 2.24) is 9.88 Å². The number of nitrogens with one attached hydrogen (secondary N) is 1. The van der Waals surface area contributed by atoms with Crippen LogP contribution in [0.4, 0.5) is 6.01 Å². The lowest BCUT2D eigenvalue weighted by Crippen LogP contribution is -2.19. The molecule has 1 aromatic heterocycles. The van der Waals surface area contributed by atoms with E-state index >= 15 is 0 Å². The van der Waals surface area contributed by atoms with E-state index in [9.17, 15) is 0 Å². The Morgan fingerprint density at radius 3 is 2.52 bits per heavy atom. The number of hydrogen-bond donors (Lipinski definition) is 1. The molecule has 2 heterocycles. The highest BCUT2D eigenvalue weighted by molar-refractivity contribution is 5.74. The van der Waals surface area contributed by atoms with Crippen molar-refractivity contribution in [2.75, 3.05) is 18.4 Å². The Hall–Kier alpha value is -2.33. The molecular weight excluding hydrogens is 286 g/mol. The summed E-state index contributed by atoms with van der Waals surface area (Å²) in [7, 11) is 0. The first-order valence-electron chi connectivity index (χ1n) is 8.27. The summed E-state index contributed by atoms with van der Waals surface area (Å²) >= 11 is 0. The average molecular weight is 307 g/mol. The van der Waals surface area contributed by atoms with E-state index in [4.69, 9.17) is 4.42 Å². The van der Waals surface area contributed by atoms with Crippen molar-refractivity contribution in [2.24, 2.45) is 0 Å². The predicted octanol–water partition coefficient (Wildman–Crippen LogP) is 4.04. The highest BCUT2D eigenvalue weighted by Crippen LogP contribution is 2.20. The summed E-state index contributed by atoms with van der Waals surface area (Å²) in [5.74, 6) is 0. The zero-order valence-corrected chi connectivity index (χ0v) is 13.2. The molecule has 0 unspecified atom stereocenters. The Kier molecular flexibility index (Phi) is 3.99. The lowest BCUT2D eigenvalue weighted by Gasteiger charge is -2.17. The third-order valence-corrected chi connectivity index (χ3v) is 4.43. The summed E-state index contributed by atoms with van der Waals surface area (Å²) in [5, 5.41) is 3.32. The molecule has 0 bridgehead atoms. The van der Waals surface area contributed by atoms with E-state index in [0.29, 0.717) is 6.01 Å². The summed E-state index contributed by atoms with van der Waals surface area (Å²) in [6.07, 6.45) is 2.65. The Balaban J connectivity index is 1.47. The molecule has 1 fully saturated rings. The van der Waals surface area contributed by atoms with E-state index in [1.165, 1.54) is 37.1 Å². The van der Waals surface area contributed by atoms with E-state index in [2.05, 4.69) is 39.5 Å². The minimum absolute atomic E-state index is 0.585. The number of likely N-dealkylation sites (tertiary alicyclic amines) is 1. The monoisotopic (exact) mass is 307 g/mol. The Morgan fingerprint density at radius 2 is 1.70 bits per heavy atom. The second-order valence-corrected chi connectivity index (χ2v) is 6.09. The lowest BCUT2D eigenvalue weighted by atomic mass is 10.1. The zero-order chi connectivity index (χ0) is 15.5. The summed E-state index contributed by atoms with van der Waals surface area (Å²) in [5.41, 5.74) is 4.40. The largest absolute Gasteiger partial charge is 0.424 e. The van der Waals surface area contributed by atoms with Crippen molar-refractivity contribution in [3.63, 3.8) is 0 Å². The van der Waals surface area contributed by atoms with Gasteiger partial charge in [0.2, 0.25) is 0 Å². The maximum Gasteiger partial charge on any atom is 0.295 e. The SMILES string of the molecule is c1ccc(CN2CCCC2)c(CNc2nc3ccccc3o2)c1. The van der Waals surface area contributed by atoms with Gasteiger partial charge in [0, 0.05) is 13.1 Å². The van der Waals surface area contributed by atoms with Gasteiger partial charge >= 0.3 is 0 Å². The van der Waals surface area contributed by atoms with Crippen LogP contribution < -0.4 is 5.32 Å². The zero-order valence-electron chi connectivity index (χ0n) is 13.2. The van der Waals surface area contributed by atoms with Gasteiger partial charge in [-0.25, -0.2) is 0 Å². The third kappa shape index (κ3) is 3.22. The van der Waals surface area contributed by atoms with Crippen LogP contribution in [0, 0.1) is 0 Å². The molecule has 0 spiro atoms. The number of para-hydroxylation sites is 2. The first-order valence-corrected chi connectivity index (χ1v) is 8.27. The number of benzene rings is 2. The smallest absolute Gasteiger partial charge is 0.295 e. The van der Waals surface area contributed by atoms with E-state index in [-0.39, 0.29) is 0 Å². The average Bonchev–Trinajstić information content (AvgIpc) is 3.23. The van der Waals surface area contributed by atoms with Gasteiger partial charge in [-0.15, -0.1) is 0 Å². The van der Waals surface area contributed by atoms with E-state index in [1.807, 2.05) is 24.3 Å².